The molecule has 0 saturated carbocycles. The molecule has 96 valence electrons. The monoisotopic (exact) mass is 255 g/mol. The number of fused-ring (bicyclic) bond motifs is 1. The molecule has 1 unspecified atom stereocenters. The minimum Gasteiger partial charge on any atom is -0.384 e. The molecule has 2 aromatic carbocycles. The van der Waals surface area contributed by atoms with E-state index in [-0.39, 0.29) is 17.5 Å². The molecular weight excluding hydrogens is 241 g/mol. The van der Waals surface area contributed by atoms with E-state index >= 15 is 0 Å². The molecule has 2 aromatic rings. The largest absolute Gasteiger partial charge is 0.384 e. The Labute approximate surface area is 111 Å². The lowest BCUT2D eigenvalue weighted by Crippen LogP contribution is -2.15. The van der Waals surface area contributed by atoms with Gasteiger partial charge in [0, 0.05) is 17.8 Å². The Balaban J connectivity index is 1.98. The summed E-state index contributed by atoms with van der Waals surface area (Å²) in [7, 11) is 0. The van der Waals surface area contributed by atoms with Crippen LogP contribution in [0.15, 0.2) is 42.5 Å². The van der Waals surface area contributed by atoms with Gasteiger partial charge >= 0.3 is 0 Å². The minimum absolute atomic E-state index is 0.0277. The first-order chi connectivity index (χ1) is 9.15. The van der Waals surface area contributed by atoms with Crippen molar-refractivity contribution in [3.63, 3.8) is 0 Å². The Kier molecular flexibility index (Phi) is 2.82. The fourth-order valence-corrected chi connectivity index (χ4v) is 2.60. The highest BCUT2D eigenvalue weighted by atomic mass is 19.1. The van der Waals surface area contributed by atoms with E-state index in [1.165, 1.54) is 12.1 Å². The molecule has 0 fully saturated rings. The molecule has 0 saturated heterocycles. The Morgan fingerprint density at radius 3 is 2.84 bits per heavy atom. The Bertz CT molecular complexity index is 631. The molecule has 0 radical (unpaired) electrons. The lowest BCUT2D eigenvalue weighted by atomic mass is 9.92. The number of hydrogen-bond donors (Lipinski definition) is 1. The molecule has 19 heavy (non-hydrogen) atoms. The lowest BCUT2D eigenvalue weighted by Gasteiger charge is -2.10. The summed E-state index contributed by atoms with van der Waals surface area (Å²) in [5, 5.41) is 3.22. The number of anilines is 1. The van der Waals surface area contributed by atoms with Crippen LogP contribution in [0.2, 0.25) is 0 Å². The van der Waals surface area contributed by atoms with Crippen molar-refractivity contribution in [2.24, 2.45) is 0 Å². The van der Waals surface area contributed by atoms with Crippen LogP contribution in [-0.2, 0) is 0 Å². The van der Waals surface area contributed by atoms with E-state index in [1.54, 1.807) is 13.0 Å². The van der Waals surface area contributed by atoms with E-state index in [0.29, 0.717) is 12.1 Å². The van der Waals surface area contributed by atoms with Crippen LogP contribution in [-0.4, -0.2) is 12.3 Å². The molecule has 1 aliphatic heterocycles. The molecule has 3 heteroatoms. The van der Waals surface area contributed by atoms with Crippen molar-refractivity contribution in [1.29, 1.82) is 0 Å². The molecule has 1 N–H and O–H groups in total. The van der Waals surface area contributed by atoms with Gasteiger partial charge in [-0.2, -0.15) is 0 Å². The van der Waals surface area contributed by atoms with Crippen molar-refractivity contribution in [3.05, 3.63) is 65.0 Å². The fourth-order valence-electron chi connectivity index (χ4n) is 2.60. The van der Waals surface area contributed by atoms with E-state index in [1.807, 2.05) is 24.3 Å². The van der Waals surface area contributed by atoms with E-state index in [9.17, 15) is 9.18 Å². The van der Waals surface area contributed by atoms with Gasteiger partial charge in [-0.05, 0) is 42.3 Å². The Hall–Kier alpha value is -2.16. The van der Waals surface area contributed by atoms with Gasteiger partial charge in [0.2, 0.25) is 0 Å². The van der Waals surface area contributed by atoms with E-state index < -0.39 is 0 Å². The lowest BCUT2D eigenvalue weighted by molar-refractivity contribution is 0.0966. The van der Waals surface area contributed by atoms with Crippen molar-refractivity contribution in [3.8, 4) is 0 Å². The summed E-state index contributed by atoms with van der Waals surface area (Å²) >= 11 is 0. The molecule has 1 heterocycles. The second-order valence-electron chi connectivity index (χ2n) is 4.90. The van der Waals surface area contributed by atoms with Crippen LogP contribution in [0.3, 0.4) is 0 Å². The number of nitrogens with one attached hydrogen (secondary N) is 1. The van der Waals surface area contributed by atoms with Crippen LogP contribution < -0.4 is 5.32 Å². The number of benzene rings is 2. The van der Waals surface area contributed by atoms with Crippen LogP contribution >= 0.6 is 0 Å². The first-order valence-corrected chi connectivity index (χ1v) is 6.29. The van der Waals surface area contributed by atoms with Gasteiger partial charge in [0.1, 0.15) is 5.82 Å². The number of para-hydroxylation sites is 1. The van der Waals surface area contributed by atoms with Crippen molar-refractivity contribution < 1.29 is 9.18 Å². The summed E-state index contributed by atoms with van der Waals surface area (Å²) in [5.74, 6) is -0.611. The number of ketones is 1. The van der Waals surface area contributed by atoms with Crippen LogP contribution in [0.5, 0.6) is 0 Å². The summed E-state index contributed by atoms with van der Waals surface area (Å²) in [6, 6.07) is 12.2. The summed E-state index contributed by atoms with van der Waals surface area (Å²) < 4.78 is 13.4. The van der Waals surface area contributed by atoms with Crippen molar-refractivity contribution in [2.45, 2.75) is 12.8 Å². The summed E-state index contributed by atoms with van der Waals surface area (Å²) in [6.45, 7) is 2.37. The molecule has 0 spiro atoms. The second kappa shape index (κ2) is 4.50. The Morgan fingerprint density at radius 1 is 1.26 bits per heavy atom. The third kappa shape index (κ3) is 2.12. The number of Topliss-reactive ketones (excluding diaryl/α,β-unsaturated/α-hetero) is 1. The van der Waals surface area contributed by atoms with Crippen molar-refractivity contribution >= 4 is 11.5 Å². The van der Waals surface area contributed by atoms with Gasteiger partial charge < -0.3 is 5.32 Å². The minimum atomic E-state index is -0.359. The molecular formula is C16H14FNO. The quantitative estimate of drug-likeness (QED) is 0.832. The van der Waals surface area contributed by atoms with Gasteiger partial charge in [-0.25, -0.2) is 4.39 Å². The zero-order valence-electron chi connectivity index (χ0n) is 10.6. The molecule has 1 aliphatic rings. The van der Waals surface area contributed by atoms with Gasteiger partial charge in [-0.1, -0.05) is 18.2 Å². The SMILES string of the molecule is Cc1cc(F)cc(C(=O)C2CNc3ccccc32)c1. The molecule has 0 bridgehead atoms. The number of carbonyl (C=O) groups is 1. The average molecular weight is 255 g/mol. The maximum Gasteiger partial charge on any atom is 0.172 e. The zero-order chi connectivity index (χ0) is 13.4. The van der Waals surface area contributed by atoms with Gasteiger partial charge in [0.05, 0.1) is 5.92 Å². The first-order valence-electron chi connectivity index (χ1n) is 6.29. The molecule has 0 aromatic heterocycles. The third-order valence-corrected chi connectivity index (χ3v) is 3.48. The molecule has 3 rings (SSSR count). The third-order valence-electron chi connectivity index (χ3n) is 3.48. The van der Waals surface area contributed by atoms with E-state index in [2.05, 4.69) is 5.32 Å². The number of aryl methyl sites for hydroxylation is 1. The maximum absolute atomic E-state index is 13.4. The van der Waals surface area contributed by atoms with Gasteiger partial charge in [0.25, 0.3) is 0 Å². The smallest absolute Gasteiger partial charge is 0.172 e. The normalized spacial score (nSPS) is 16.8. The predicted molar refractivity (Wildman–Crippen MR) is 73.1 cm³/mol. The van der Waals surface area contributed by atoms with Gasteiger partial charge in [0.15, 0.2) is 5.78 Å². The average Bonchev–Trinajstić information content (AvgIpc) is 2.80. The fraction of sp³-hybridized carbons (Fsp3) is 0.188. The van der Waals surface area contributed by atoms with Crippen LogP contribution in [0.25, 0.3) is 0 Å². The topological polar surface area (TPSA) is 29.1 Å². The van der Waals surface area contributed by atoms with Crippen molar-refractivity contribution in [1.82, 2.24) is 0 Å². The highest BCUT2D eigenvalue weighted by Crippen LogP contribution is 2.33. The van der Waals surface area contributed by atoms with E-state index in [0.717, 1.165) is 16.8 Å². The number of carbonyl (C=O) groups excluding carboxylic acids is 1. The molecule has 0 amide bonds. The molecule has 0 aliphatic carbocycles. The number of rotatable bonds is 2. The highest BCUT2D eigenvalue weighted by Gasteiger charge is 2.29. The van der Waals surface area contributed by atoms with Gasteiger partial charge in [-0.3, -0.25) is 4.79 Å². The summed E-state index contributed by atoms with van der Waals surface area (Å²) in [6.07, 6.45) is 0. The van der Waals surface area contributed by atoms with Crippen LogP contribution in [0.4, 0.5) is 10.1 Å². The predicted octanol–water partition coefficient (Wildman–Crippen LogP) is 3.53. The second-order valence-corrected chi connectivity index (χ2v) is 4.90. The molecule has 2 nitrogen and oxygen atoms in total. The number of hydrogen-bond acceptors (Lipinski definition) is 2. The van der Waals surface area contributed by atoms with E-state index in [4.69, 9.17) is 0 Å². The summed E-state index contributed by atoms with van der Waals surface area (Å²) in [5.41, 5.74) is 3.20. The summed E-state index contributed by atoms with van der Waals surface area (Å²) in [4.78, 5) is 12.5. The molecule has 1 atom stereocenters. The van der Waals surface area contributed by atoms with Crippen LogP contribution in [0.1, 0.15) is 27.4 Å². The maximum atomic E-state index is 13.4. The zero-order valence-corrected chi connectivity index (χ0v) is 10.6. The number of halogens is 1. The standard InChI is InChI=1S/C16H14FNO/c1-10-6-11(8-12(17)7-10)16(19)14-9-18-15-5-3-2-4-13(14)15/h2-8,14,18H,9H2,1H3. The van der Waals surface area contributed by atoms with Crippen molar-refractivity contribution in [2.75, 3.05) is 11.9 Å². The Morgan fingerprint density at radius 2 is 2.05 bits per heavy atom. The van der Waals surface area contributed by atoms with Gasteiger partial charge in [-0.15, -0.1) is 0 Å². The van der Waals surface area contributed by atoms with Crippen LogP contribution in [0, 0.1) is 12.7 Å². The first kappa shape index (κ1) is 11.9. The highest BCUT2D eigenvalue weighted by molar-refractivity contribution is 6.03.